The smallest absolute Gasteiger partial charge is 0.239 e. The second kappa shape index (κ2) is 8.44. The van der Waals surface area contributed by atoms with Gasteiger partial charge in [-0.2, -0.15) is 0 Å². The van der Waals surface area contributed by atoms with Crippen molar-refractivity contribution >= 4 is 45.6 Å². The molecule has 0 saturated carbocycles. The molecule has 4 aromatic rings. The standard InChI is InChI=1S/C22H17ClFN5O/c23-13-5-6-17(24)16(9-13)20-11-19(15-3-1-2-4-18(15)28-20)27-14-7-8-26-21(10-14)29-22(30)12-25/h1-11H,12,25H2,(H2,26,27,28,29,30). The van der Waals surface area contributed by atoms with Gasteiger partial charge in [0.05, 0.1) is 23.4 Å². The van der Waals surface area contributed by atoms with Gasteiger partial charge in [0.15, 0.2) is 0 Å². The van der Waals surface area contributed by atoms with E-state index < -0.39 is 5.82 Å². The highest BCUT2D eigenvalue weighted by molar-refractivity contribution is 6.30. The number of nitrogens with two attached hydrogens (primary N) is 1. The summed E-state index contributed by atoms with van der Waals surface area (Å²) in [4.78, 5) is 20.2. The van der Waals surface area contributed by atoms with Gasteiger partial charge in [-0.15, -0.1) is 0 Å². The normalized spacial score (nSPS) is 10.8. The number of nitrogens with zero attached hydrogens (tertiary/aromatic N) is 2. The van der Waals surface area contributed by atoms with E-state index in [1.54, 1.807) is 30.5 Å². The number of benzene rings is 2. The lowest BCUT2D eigenvalue weighted by molar-refractivity contribution is -0.114. The summed E-state index contributed by atoms with van der Waals surface area (Å²) in [6, 6.07) is 17.1. The van der Waals surface area contributed by atoms with Crippen molar-refractivity contribution in [3.63, 3.8) is 0 Å². The molecule has 0 bridgehead atoms. The van der Waals surface area contributed by atoms with Crippen LogP contribution in [0.4, 0.5) is 21.6 Å². The van der Waals surface area contributed by atoms with Crippen LogP contribution in [0.15, 0.2) is 66.9 Å². The predicted molar refractivity (Wildman–Crippen MR) is 117 cm³/mol. The van der Waals surface area contributed by atoms with E-state index in [0.717, 1.165) is 11.1 Å². The first-order valence-corrected chi connectivity index (χ1v) is 9.49. The molecule has 150 valence electrons. The largest absolute Gasteiger partial charge is 0.355 e. The van der Waals surface area contributed by atoms with Crippen molar-refractivity contribution in [2.24, 2.45) is 5.73 Å². The number of aromatic nitrogens is 2. The first kappa shape index (κ1) is 19.8. The minimum Gasteiger partial charge on any atom is -0.355 e. The van der Waals surface area contributed by atoms with Crippen molar-refractivity contribution in [3.8, 4) is 11.3 Å². The zero-order chi connectivity index (χ0) is 21.1. The molecular formula is C22H17ClFN5O. The Labute approximate surface area is 176 Å². The summed E-state index contributed by atoms with van der Waals surface area (Å²) in [6.07, 6.45) is 1.56. The molecule has 0 aliphatic heterocycles. The number of anilines is 3. The Hall–Kier alpha value is -3.55. The fourth-order valence-electron chi connectivity index (χ4n) is 3.04. The number of rotatable bonds is 5. The number of para-hydroxylation sites is 1. The molecular weight excluding hydrogens is 405 g/mol. The van der Waals surface area contributed by atoms with Crippen LogP contribution in [0.2, 0.25) is 5.02 Å². The maximum Gasteiger partial charge on any atom is 0.239 e. The van der Waals surface area contributed by atoms with Gasteiger partial charge in [0.2, 0.25) is 5.91 Å². The topological polar surface area (TPSA) is 92.9 Å². The van der Waals surface area contributed by atoms with Crippen LogP contribution in [-0.4, -0.2) is 22.4 Å². The minimum atomic E-state index is -0.413. The highest BCUT2D eigenvalue weighted by Crippen LogP contribution is 2.32. The summed E-state index contributed by atoms with van der Waals surface area (Å²) in [6.45, 7) is -0.136. The highest BCUT2D eigenvalue weighted by atomic mass is 35.5. The summed E-state index contributed by atoms with van der Waals surface area (Å²) in [5.41, 5.74) is 8.19. The van der Waals surface area contributed by atoms with Crippen LogP contribution < -0.4 is 16.4 Å². The van der Waals surface area contributed by atoms with E-state index in [1.807, 2.05) is 24.3 Å². The zero-order valence-electron chi connectivity index (χ0n) is 15.7. The highest BCUT2D eigenvalue weighted by Gasteiger charge is 2.12. The Morgan fingerprint density at radius 2 is 1.93 bits per heavy atom. The molecule has 0 aliphatic carbocycles. The van der Waals surface area contributed by atoms with Gasteiger partial charge in [-0.25, -0.2) is 14.4 Å². The van der Waals surface area contributed by atoms with E-state index in [4.69, 9.17) is 17.3 Å². The third-order valence-corrected chi connectivity index (χ3v) is 4.65. The van der Waals surface area contributed by atoms with Crippen molar-refractivity contribution in [1.82, 2.24) is 9.97 Å². The van der Waals surface area contributed by atoms with Crippen LogP contribution in [0, 0.1) is 5.82 Å². The molecule has 0 atom stereocenters. The van der Waals surface area contributed by atoms with Crippen LogP contribution in [0.1, 0.15) is 0 Å². The summed E-state index contributed by atoms with van der Waals surface area (Å²) in [5.74, 6) is -0.383. The number of hydrogen-bond acceptors (Lipinski definition) is 5. The lowest BCUT2D eigenvalue weighted by Crippen LogP contribution is -2.22. The molecule has 0 aliphatic rings. The summed E-state index contributed by atoms with van der Waals surface area (Å²) >= 11 is 6.06. The van der Waals surface area contributed by atoms with Crippen molar-refractivity contribution in [2.45, 2.75) is 0 Å². The number of fused-ring (bicyclic) bond motifs is 1. The number of carbonyl (C=O) groups is 1. The van der Waals surface area contributed by atoms with Crippen LogP contribution in [0.25, 0.3) is 22.2 Å². The first-order chi connectivity index (χ1) is 14.5. The first-order valence-electron chi connectivity index (χ1n) is 9.12. The van der Waals surface area contributed by atoms with Crippen molar-refractivity contribution in [1.29, 1.82) is 0 Å². The van der Waals surface area contributed by atoms with Gasteiger partial charge in [0.25, 0.3) is 0 Å². The minimum absolute atomic E-state index is 0.136. The molecule has 0 unspecified atom stereocenters. The predicted octanol–water partition coefficient (Wildman–Crippen LogP) is 4.73. The Morgan fingerprint density at radius 3 is 2.77 bits per heavy atom. The average molecular weight is 422 g/mol. The number of nitrogens with one attached hydrogen (secondary N) is 2. The van der Waals surface area contributed by atoms with E-state index in [1.165, 1.54) is 12.1 Å². The zero-order valence-corrected chi connectivity index (χ0v) is 16.4. The van der Waals surface area contributed by atoms with Gasteiger partial charge < -0.3 is 16.4 Å². The van der Waals surface area contributed by atoms with E-state index in [9.17, 15) is 9.18 Å². The number of carbonyl (C=O) groups excluding carboxylic acids is 1. The van der Waals surface area contributed by atoms with E-state index in [-0.39, 0.29) is 12.5 Å². The molecule has 0 radical (unpaired) electrons. The Morgan fingerprint density at radius 1 is 1.10 bits per heavy atom. The van der Waals surface area contributed by atoms with Gasteiger partial charge in [0.1, 0.15) is 11.6 Å². The van der Waals surface area contributed by atoms with Crippen molar-refractivity contribution < 1.29 is 9.18 Å². The Kier molecular flexibility index (Phi) is 5.56. The third-order valence-electron chi connectivity index (χ3n) is 4.41. The molecule has 4 rings (SSSR count). The second-order valence-electron chi connectivity index (χ2n) is 6.50. The van der Waals surface area contributed by atoms with Gasteiger partial charge in [-0.1, -0.05) is 29.8 Å². The van der Waals surface area contributed by atoms with Crippen LogP contribution in [-0.2, 0) is 4.79 Å². The molecule has 0 fully saturated rings. The number of amides is 1. The fraction of sp³-hybridized carbons (Fsp3) is 0.0455. The van der Waals surface area contributed by atoms with Gasteiger partial charge in [-0.05, 0) is 36.4 Å². The third kappa shape index (κ3) is 4.22. The molecule has 8 heteroatoms. The number of pyridine rings is 2. The van der Waals surface area contributed by atoms with Crippen LogP contribution in [0.3, 0.4) is 0 Å². The van der Waals surface area contributed by atoms with Crippen LogP contribution in [0.5, 0.6) is 0 Å². The molecule has 6 nitrogen and oxygen atoms in total. The molecule has 2 aromatic carbocycles. The number of hydrogen-bond donors (Lipinski definition) is 3. The molecule has 2 heterocycles. The maximum atomic E-state index is 14.4. The van der Waals surface area contributed by atoms with Gasteiger partial charge in [-0.3, -0.25) is 4.79 Å². The quantitative estimate of drug-likeness (QED) is 0.433. The molecule has 2 aromatic heterocycles. The van der Waals surface area contributed by atoms with Crippen LogP contribution >= 0.6 is 11.6 Å². The second-order valence-corrected chi connectivity index (χ2v) is 6.94. The number of halogens is 2. The summed E-state index contributed by atoms with van der Waals surface area (Å²) in [5, 5.41) is 7.20. The monoisotopic (exact) mass is 421 g/mol. The Balaban J connectivity index is 1.78. The molecule has 0 saturated heterocycles. The SMILES string of the molecule is NCC(=O)Nc1cc(Nc2cc(-c3cc(Cl)ccc3F)nc3ccccc23)ccn1. The van der Waals surface area contributed by atoms with E-state index in [2.05, 4.69) is 20.6 Å². The molecule has 4 N–H and O–H groups in total. The Bertz CT molecular complexity index is 1250. The molecule has 0 spiro atoms. The lowest BCUT2D eigenvalue weighted by Gasteiger charge is -2.13. The summed E-state index contributed by atoms with van der Waals surface area (Å²) < 4.78 is 14.4. The summed E-state index contributed by atoms with van der Waals surface area (Å²) in [7, 11) is 0. The van der Waals surface area contributed by atoms with E-state index >= 15 is 0 Å². The van der Waals surface area contributed by atoms with Gasteiger partial charge in [0, 0.05) is 33.9 Å². The average Bonchev–Trinajstić information content (AvgIpc) is 2.75. The lowest BCUT2D eigenvalue weighted by atomic mass is 10.1. The fourth-order valence-corrected chi connectivity index (χ4v) is 3.21. The van der Waals surface area contributed by atoms with E-state index in [0.29, 0.717) is 33.3 Å². The molecule has 30 heavy (non-hydrogen) atoms. The van der Waals surface area contributed by atoms with Crippen molar-refractivity contribution in [2.75, 3.05) is 17.2 Å². The van der Waals surface area contributed by atoms with Gasteiger partial charge >= 0.3 is 0 Å². The maximum absolute atomic E-state index is 14.4. The van der Waals surface area contributed by atoms with Crippen molar-refractivity contribution in [3.05, 3.63) is 77.7 Å². The molecule has 1 amide bonds.